The van der Waals surface area contributed by atoms with Crippen LogP contribution in [0.3, 0.4) is 0 Å². The Morgan fingerprint density at radius 2 is 1.94 bits per heavy atom. The highest BCUT2D eigenvalue weighted by atomic mass is 32.2. The van der Waals surface area contributed by atoms with Crippen molar-refractivity contribution >= 4 is 80.0 Å². The topological polar surface area (TPSA) is 99.6 Å². The summed E-state index contributed by atoms with van der Waals surface area (Å²) in [5, 5.41) is 15.0. The van der Waals surface area contributed by atoms with Crippen molar-refractivity contribution in [2.45, 2.75) is 12.8 Å². The number of thiazole rings is 1. The van der Waals surface area contributed by atoms with Gasteiger partial charge in [-0.15, -0.1) is 22.7 Å². The minimum absolute atomic E-state index is 0.0210. The van der Waals surface area contributed by atoms with Crippen molar-refractivity contribution < 1.29 is 28.3 Å². The lowest BCUT2D eigenvalue weighted by atomic mass is 10.1. The van der Waals surface area contributed by atoms with Crippen molar-refractivity contribution in [1.29, 1.82) is 0 Å². The number of thioether (sulfide) groups is 1. The molecule has 1 aliphatic rings. The fourth-order valence-corrected chi connectivity index (χ4v) is 6.02. The van der Waals surface area contributed by atoms with Gasteiger partial charge in [-0.3, -0.25) is 19.3 Å². The number of nitrogens with one attached hydrogen (secondary N) is 1. The van der Waals surface area contributed by atoms with Crippen molar-refractivity contribution in [2.24, 2.45) is 0 Å². The molecule has 180 valence electrons. The zero-order valence-corrected chi connectivity index (χ0v) is 20.9. The Balaban J connectivity index is 1.36. The van der Waals surface area contributed by atoms with E-state index in [0.717, 1.165) is 40.1 Å². The Morgan fingerprint density at radius 3 is 2.69 bits per heavy atom. The van der Waals surface area contributed by atoms with Crippen LogP contribution >= 0.6 is 46.7 Å². The van der Waals surface area contributed by atoms with Gasteiger partial charge in [0.05, 0.1) is 17.0 Å². The van der Waals surface area contributed by atoms with Crippen LogP contribution in [0.5, 0.6) is 0 Å². The number of benzene rings is 1. The Morgan fingerprint density at radius 1 is 1.14 bits per heavy atom. The molecule has 7 nitrogen and oxygen atoms in total. The number of carbonyl (C=O) groups excluding carboxylic acids is 2. The monoisotopic (exact) mass is 551 g/mol. The second-order valence-corrected chi connectivity index (χ2v) is 10.7. The SMILES string of the molecule is O=C(O)Cc1csc(NC(=O)CCN2C(=O)/C(=C/c3cc(-c4ccc(F)c(F)c4)cs3)SC2=S)n1. The molecule has 0 spiro atoms. The summed E-state index contributed by atoms with van der Waals surface area (Å²) in [7, 11) is 0. The maximum atomic E-state index is 13.5. The van der Waals surface area contributed by atoms with Crippen molar-refractivity contribution in [3.05, 3.63) is 62.1 Å². The third-order valence-electron chi connectivity index (χ3n) is 4.71. The number of nitrogens with zero attached hydrogens (tertiary/aromatic N) is 2. The molecule has 2 amide bonds. The quantitative estimate of drug-likeness (QED) is 0.300. The Labute approximate surface area is 215 Å². The van der Waals surface area contributed by atoms with Gasteiger partial charge in [0.2, 0.25) is 5.91 Å². The van der Waals surface area contributed by atoms with E-state index in [4.69, 9.17) is 17.3 Å². The van der Waals surface area contributed by atoms with Gasteiger partial charge in [0, 0.05) is 23.2 Å². The summed E-state index contributed by atoms with van der Waals surface area (Å²) < 4.78 is 27.0. The molecule has 35 heavy (non-hydrogen) atoms. The van der Waals surface area contributed by atoms with Gasteiger partial charge < -0.3 is 10.4 Å². The van der Waals surface area contributed by atoms with Crippen molar-refractivity contribution in [3.63, 3.8) is 0 Å². The zero-order valence-electron chi connectivity index (χ0n) is 17.6. The predicted molar refractivity (Wildman–Crippen MR) is 136 cm³/mol. The van der Waals surface area contributed by atoms with E-state index < -0.39 is 17.6 Å². The molecule has 3 heterocycles. The van der Waals surface area contributed by atoms with Gasteiger partial charge in [0.15, 0.2) is 16.8 Å². The molecule has 3 aromatic rings. The van der Waals surface area contributed by atoms with E-state index >= 15 is 0 Å². The van der Waals surface area contributed by atoms with Gasteiger partial charge in [-0.1, -0.05) is 30.0 Å². The lowest BCUT2D eigenvalue weighted by molar-refractivity contribution is -0.136. The number of hydrogen-bond acceptors (Lipinski definition) is 8. The first-order valence-corrected chi connectivity index (χ1v) is 12.9. The van der Waals surface area contributed by atoms with Crippen molar-refractivity contribution in [3.8, 4) is 11.1 Å². The number of carbonyl (C=O) groups is 3. The summed E-state index contributed by atoms with van der Waals surface area (Å²) in [6.45, 7) is 0.0751. The van der Waals surface area contributed by atoms with Gasteiger partial charge >= 0.3 is 5.97 Å². The molecule has 0 saturated carbocycles. The largest absolute Gasteiger partial charge is 0.481 e. The molecule has 2 N–H and O–H groups in total. The van der Waals surface area contributed by atoms with Gasteiger partial charge in [-0.2, -0.15) is 0 Å². The maximum absolute atomic E-state index is 13.5. The number of aromatic nitrogens is 1. The van der Waals surface area contributed by atoms with Crippen LogP contribution in [0.15, 0.2) is 39.9 Å². The van der Waals surface area contributed by atoms with E-state index in [1.165, 1.54) is 22.3 Å². The minimum Gasteiger partial charge on any atom is -0.481 e. The number of thiophene rings is 1. The smallest absolute Gasteiger partial charge is 0.309 e. The summed E-state index contributed by atoms with van der Waals surface area (Å²) in [5.41, 5.74) is 1.57. The van der Waals surface area contributed by atoms with E-state index in [0.29, 0.717) is 26.0 Å². The summed E-state index contributed by atoms with van der Waals surface area (Å²) in [6, 6.07) is 5.43. The van der Waals surface area contributed by atoms with E-state index in [1.54, 1.807) is 22.9 Å². The fraction of sp³-hybridized carbons (Fsp3) is 0.136. The molecule has 1 fully saturated rings. The fourth-order valence-electron chi connectivity index (χ4n) is 3.07. The second kappa shape index (κ2) is 10.7. The number of halogens is 2. The predicted octanol–water partition coefficient (Wildman–Crippen LogP) is 5.01. The molecule has 13 heteroatoms. The van der Waals surface area contributed by atoms with Crippen LogP contribution in [0.1, 0.15) is 17.0 Å². The van der Waals surface area contributed by atoms with Crippen molar-refractivity contribution in [1.82, 2.24) is 9.88 Å². The maximum Gasteiger partial charge on any atom is 0.309 e. The number of carboxylic acids is 1. The Bertz CT molecular complexity index is 1370. The van der Waals surface area contributed by atoms with Crippen LogP contribution in [0, 0.1) is 11.6 Å². The number of anilines is 1. The number of carboxylic acid groups (broad SMARTS) is 1. The van der Waals surface area contributed by atoms with Gasteiger partial charge in [-0.25, -0.2) is 13.8 Å². The molecule has 1 aromatic carbocycles. The molecule has 4 rings (SSSR count). The number of rotatable bonds is 8. The second-order valence-electron chi connectivity index (χ2n) is 7.21. The van der Waals surface area contributed by atoms with Gasteiger partial charge in [0.25, 0.3) is 5.91 Å². The molecular weight excluding hydrogens is 537 g/mol. The Kier molecular flexibility index (Phi) is 7.69. The van der Waals surface area contributed by atoms with Crippen LogP contribution in [0.2, 0.25) is 0 Å². The number of thiocarbonyl (C=S) groups is 1. The summed E-state index contributed by atoms with van der Waals surface area (Å²) in [5.74, 6) is -3.58. The van der Waals surface area contributed by atoms with Crippen molar-refractivity contribution in [2.75, 3.05) is 11.9 Å². The Hall–Kier alpha value is -3.00. The van der Waals surface area contributed by atoms with E-state index in [1.807, 2.05) is 0 Å². The average Bonchev–Trinajstić information content (AvgIpc) is 3.49. The highest BCUT2D eigenvalue weighted by Crippen LogP contribution is 2.35. The molecule has 0 atom stereocenters. The number of aliphatic carboxylic acids is 1. The van der Waals surface area contributed by atoms with Gasteiger partial charge in [0.1, 0.15) is 4.32 Å². The number of hydrogen-bond donors (Lipinski definition) is 2. The normalized spacial score (nSPS) is 14.7. The van der Waals surface area contributed by atoms with E-state index in [-0.39, 0.29) is 36.3 Å². The lowest BCUT2D eigenvalue weighted by Gasteiger charge is -2.13. The van der Waals surface area contributed by atoms with Crippen LogP contribution in [-0.4, -0.2) is 43.6 Å². The third-order valence-corrected chi connectivity index (χ3v) is 7.78. The molecule has 1 aliphatic heterocycles. The van der Waals surface area contributed by atoms with E-state index in [2.05, 4.69) is 10.3 Å². The average molecular weight is 552 g/mol. The summed E-state index contributed by atoms with van der Waals surface area (Å²) >= 11 is 8.88. The highest BCUT2D eigenvalue weighted by Gasteiger charge is 2.32. The van der Waals surface area contributed by atoms with Crippen LogP contribution in [0.25, 0.3) is 17.2 Å². The first kappa shape index (κ1) is 25.1. The molecule has 1 saturated heterocycles. The van der Waals surface area contributed by atoms with Crippen LogP contribution < -0.4 is 5.32 Å². The van der Waals surface area contributed by atoms with Crippen LogP contribution in [0.4, 0.5) is 13.9 Å². The molecule has 0 bridgehead atoms. The zero-order chi connectivity index (χ0) is 25.1. The summed E-state index contributed by atoms with van der Waals surface area (Å²) in [6.07, 6.45) is 1.42. The first-order chi connectivity index (χ1) is 16.7. The molecule has 0 aliphatic carbocycles. The molecule has 0 unspecified atom stereocenters. The standard InChI is InChI=1S/C22H15F2N3O4S4/c23-15-2-1-11(6-16(15)24)12-5-14(33-9-12)8-17-20(31)27(22(32)35-17)4-3-18(28)26-21-25-13(10-34-21)7-19(29)30/h1-2,5-6,8-10H,3-4,7H2,(H,29,30)(H,25,26,28)/b17-8-. The first-order valence-electron chi connectivity index (χ1n) is 9.95. The lowest BCUT2D eigenvalue weighted by Crippen LogP contribution is -2.31. The highest BCUT2D eigenvalue weighted by molar-refractivity contribution is 8.26. The summed E-state index contributed by atoms with van der Waals surface area (Å²) in [4.78, 5) is 42.3. The molecule has 2 aromatic heterocycles. The third kappa shape index (κ3) is 6.17. The van der Waals surface area contributed by atoms with Crippen LogP contribution in [-0.2, 0) is 20.8 Å². The van der Waals surface area contributed by atoms with Gasteiger partial charge in [-0.05, 0) is 40.8 Å². The molecule has 0 radical (unpaired) electrons. The number of amides is 2. The van der Waals surface area contributed by atoms with E-state index in [9.17, 15) is 23.2 Å². The minimum atomic E-state index is -1.02. The molecular formula is C22H15F2N3O4S4.